The van der Waals surface area contributed by atoms with E-state index >= 15 is 0 Å². The highest BCUT2D eigenvalue weighted by Crippen LogP contribution is 2.32. The zero-order chi connectivity index (χ0) is 19.8. The summed E-state index contributed by atoms with van der Waals surface area (Å²) in [4.78, 5) is 25.8. The summed E-state index contributed by atoms with van der Waals surface area (Å²) in [6.45, 7) is 0.317. The Bertz CT molecular complexity index is 891. The number of cyclic esters (lactones) is 1. The van der Waals surface area contributed by atoms with Gasteiger partial charge in [-0.05, 0) is 18.2 Å². The minimum Gasteiger partial charge on any atom is -0.442 e. The molecule has 28 heavy (non-hydrogen) atoms. The third-order valence-corrected chi connectivity index (χ3v) is 4.54. The number of nitrogens with one attached hydrogen (secondary N) is 2. The van der Waals surface area contributed by atoms with Gasteiger partial charge in [0.25, 0.3) is 0 Å². The molecule has 3 heterocycles. The van der Waals surface area contributed by atoms with Crippen LogP contribution in [-0.2, 0) is 9.53 Å². The number of hydrazine groups is 2. The molecule has 0 saturated carbocycles. The molecule has 8 nitrogen and oxygen atoms in total. The number of ketones is 1. The van der Waals surface area contributed by atoms with Gasteiger partial charge in [0.1, 0.15) is 6.10 Å². The van der Waals surface area contributed by atoms with E-state index in [9.17, 15) is 22.8 Å². The summed E-state index contributed by atoms with van der Waals surface area (Å²) >= 11 is 0. The molecule has 1 fully saturated rings. The molecule has 148 valence electrons. The Morgan fingerprint density at radius 2 is 1.89 bits per heavy atom. The molecule has 1 aromatic carbocycles. The molecular formula is C17H16F3N5O3. The molecule has 2 N–H and O–H groups in total. The second-order valence-corrected chi connectivity index (χ2v) is 6.44. The Hall–Kier alpha value is -3.21. The number of amides is 1. The number of nitrogens with zero attached hydrogens (tertiary/aromatic N) is 3. The third kappa shape index (κ3) is 3.36. The van der Waals surface area contributed by atoms with Crippen molar-refractivity contribution in [3.63, 3.8) is 0 Å². The van der Waals surface area contributed by atoms with Gasteiger partial charge in [0.15, 0.2) is 17.4 Å². The van der Waals surface area contributed by atoms with Crippen LogP contribution >= 0.6 is 0 Å². The lowest BCUT2D eigenvalue weighted by atomic mass is 10.1. The number of carbonyl (C=O) groups is 2. The average Bonchev–Trinajstić information content (AvgIpc) is 3.23. The number of anilines is 2. The number of halogens is 3. The predicted octanol–water partition coefficient (Wildman–Crippen LogP) is 1.68. The van der Waals surface area contributed by atoms with Crippen LogP contribution in [0.3, 0.4) is 0 Å². The lowest BCUT2D eigenvalue weighted by molar-refractivity contribution is -0.114. The summed E-state index contributed by atoms with van der Waals surface area (Å²) in [5, 5.41) is 1.33. The zero-order valence-corrected chi connectivity index (χ0v) is 14.5. The fraction of sp³-hybridized carbons (Fsp3) is 0.294. The second-order valence-electron chi connectivity index (χ2n) is 6.44. The molecule has 1 amide bonds. The third-order valence-electron chi connectivity index (χ3n) is 4.54. The molecule has 0 unspecified atom stereocenters. The topological polar surface area (TPSA) is 77.2 Å². The number of hydrogen-bond donors (Lipinski definition) is 2. The van der Waals surface area contributed by atoms with Crippen LogP contribution in [0.5, 0.6) is 0 Å². The molecule has 11 heteroatoms. The Balaban J connectivity index is 1.51. The first-order valence-electron chi connectivity index (χ1n) is 8.52. The van der Waals surface area contributed by atoms with Crippen LogP contribution in [0.15, 0.2) is 36.6 Å². The largest absolute Gasteiger partial charge is 0.442 e. The molecule has 3 aliphatic rings. The van der Waals surface area contributed by atoms with Crippen molar-refractivity contribution in [1.82, 2.24) is 16.0 Å². The van der Waals surface area contributed by atoms with Crippen molar-refractivity contribution in [3.05, 3.63) is 48.2 Å². The van der Waals surface area contributed by atoms with Crippen molar-refractivity contribution in [2.45, 2.75) is 12.5 Å². The van der Waals surface area contributed by atoms with Gasteiger partial charge in [0, 0.05) is 19.2 Å². The van der Waals surface area contributed by atoms with Crippen LogP contribution in [0, 0.1) is 11.6 Å². The van der Waals surface area contributed by atoms with E-state index in [1.807, 2.05) is 0 Å². The van der Waals surface area contributed by atoms with E-state index in [0.29, 0.717) is 0 Å². The molecule has 4 rings (SSSR count). The van der Waals surface area contributed by atoms with Gasteiger partial charge in [-0.2, -0.15) is 4.39 Å². The monoisotopic (exact) mass is 395 g/mol. The maximum atomic E-state index is 14.7. The smallest absolute Gasteiger partial charge is 0.414 e. The van der Waals surface area contributed by atoms with Gasteiger partial charge in [-0.3, -0.25) is 20.1 Å². The van der Waals surface area contributed by atoms with E-state index in [-0.39, 0.29) is 43.2 Å². The number of hydrogen-bond acceptors (Lipinski definition) is 7. The van der Waals surface area contributed by atoms with Gasteiger partial charge in [-0.15, -0.1) is 5.53 Å². The van der Waals surface area contributed by atoms with Crippen molar-refractivity contribution < 1.29 is 27.5 Å². The highest BCUT2D eigenvalue weighted by atomic mass is 19.2. The van der Waals surface area contributed by atoms with Gasteiger partial charge < -0.3 is 9.64 Å². The molecule has 3 aliphatic heterocycles. The maximum Gasteiger partial charge on any atom is 0.414 e. The predicted molar refractivity (Wildman–Crippen MR) is 92.3 cm³/mol. The first kappa shape index (κ1) is 18.2. The molecule has 0 radical (unpaired) electrons. The normalized spacial score (nSPS) is 21.9. The Labute approximate surface area is 157 Å². The molecule has 0 aromatic heterocycles. The summed E-state index contributed by atoms with van der Waals surface area (Å²) in [5.41, 5.74) is 4.46. The van der Waals surface area contributed by atoms with Crippen molar-refractivity contribution in [3.8, 4) is 0 Å². The Kier molecular flexibility index (Phi) is 4.59. The Morgan fingerprint density at radius 3 is 2.57 bits per heavy atom. The highest BCUT2D eigenvalue weighted by molar-refractivity contribution is 5.92. The summed E-state index contributed by atoms with van der Waals surface area (Å²) in [6.07, 6.45) is 2.54. The van der Waals surface area contributed by atoms with Crippen molar-refractivity contribution in [2.24, 2.45) is 0 Å². The molecule has 1 aromatic rings. The standard InChI is InChI=1S/C17H16F3N5O3/c18-14-9-24(22-21-14)7-11-8-25(17(27)28-11)13-2-1-12(15(19)16(13)20)23-5-3-10(26)4-6-23/h1-3,5,9,11,21-22H,4,6-8H2/t11-/m0/s1. The van der Waals surface area contributed by atoms with Crippen LogP contribution in [0.1, 0.15) is 6.42 Å². The molecule has 0 spiro atoms. The summed E-state index contributed by atoms with van der Waals surface area (Å²) < 4.78 is 47.4. The minimum atomic E-state index is -1.19. The molecule has 1 saturated heterocycles. The molecule has 0 aliphatic carbocycles. The quantitative estimate of drug-likeness (QED) is 0.751. The number of benzene rings is 1. The van der Waals surface area contributed by atoms with Gasteiger partial charge >= 0.3 is 6.09 Å². The number of rotatable bonds is 4. The Morgan fingerprint density at radius 1 is 1.14 bits per heavy atom. The van der Waals surface area contributed by atoms with Gasteiger partial charge in [-0.25, -0.2) is 13.6 Å². The first-order chi connectivity index (χ1) is 13.4. The fourth-order valence-electron chi connectivity index (χ4n) is 3.18. The van der Waals surface area contributed by atoms with E-state index in [4.69, 9.17) is 4.74 Å². The molecule has 1 atom stereocenters. The molecule has 0 bridgehead atoms. The van der Waals surface area contributed by atoms with E-state index in [1.54, 1.807) is 0 Å². The molecular weight excluding hydrogens is 379 g/mol. The first-order valence-corrected chi connectivity index (χ1v) is 8.52. The number of allylic oxidation sites excluding steroid dienone is 1. The van der Waals surface area contributed by atoms with Crippen molar-refractivity contribution in [1.29, 1.82) is 0 Å². The van der Waals surface area contributed by atoms with E-state index in [1.165, 1.54) is 34.3 Å². The van der Waals surface area contributed by atoms with Gasteiger partial charge in [0.2, 0.25) is 5.95 Å². The lowest BCUT2D eigenvalue weighted by Crippen LogP contribution is -2.41. The number of carbonyl (C=O) groups excluding carboxylic acids is 2. The number of ether oxygens (including phenoxy) is 1. The van der Waals surface area contributed by atoms with Gasteiger partial charge in [-0.1, -0.05) is 0 Å². The average molecular weight is 395 g/mol. The van der Waals surface area contributed by atoms with E-state index < -0.39 is 29.8 Å². The zero-order valence-electron chi connectivity index (χ0n) is 14.5. The van der Waals surface area contributed by atoms with Crippen LogP contribution in [0.25, 0.3) is 0 Å². The maximum absolute atomic E-state index is 14.7. The summed E-state index contributed by atoms with van der Waals surface area (Å²) in [5.74, 6) is -2.99. The van der Waals surface area contributed by atoms with Gasteiger partial charge in [0.05, 0.1) is 30.7 Å². The van der Waals surface area contributed by atoms with E-state index in [2.05, 4.69) is 11.0 Å². The summed E-state index contributed by atoms with van der Waals surface area (Å²) in [7, 11) is 0. The SMILES string of the molecule is O=C1C=CN(c2ccc(N3C[C@H](CN4C=C(F)NN4)OC3=O)c(F)c2F)CC1. The second kappa shape index (κ2) is 7.08. The van der Waals surface area contributed by atoms with Crippen molar-refractivity contribution >= 4 is 23.3 Å². The van der Waals surface area contributed by atoms with Crippen LogP contribution in [0.2, 0.25) is 0 Å². The highest BCUT2D eigenvalue weighted by Gasteiger charge is 2.36. The van der Waals surface area contributed by atoms with Crippen LogP contribution in [0.4, 0.5) is 29.3 Å². The summed E-state index contributed by atoms with van der Waals surface area (Å²) in [6, 6.07) is 2.63. The van der Waals surface area contributed by atoms with Crippen LogP contribution < -0.4 is 20.8 Å². The van der Waals surface area contributed by atoms with Crippen LogP contribution in [-0.4, -0.2) is 42.6 Å². The minimum absolute atomic E-state index is 0.0259. The fourth-order valence-corrected chi connectivity index (χ4v) is 3.18. The lowest BCUT2D eigenvalue weighted by Gasteiger charge is -2.24. The van der Waals surface area contributed by atoms with Crippen molar-refractivity contribution in [2.75, 3.05) is 29.4 Å². The van der Waals surface area contributed by atoms with E-state index in [0.717, 1.165) is 11.1 Å².